The molecule has 0 aliphatic heterocycles. The molecule has 1 atom stereocenters. The zero-order valence-corrected chi connectivity index (χ0v) is 12.1. The largest absolute Gasteiger partial charge is 0.494 e. The highest BCUT2D eigenvalue weighted by Crippen LogP contribution is 2.31. The molecule has 2 aromatic carbocycles. The van der Waals surface area contributed by atoms with E-state index in [9.17, 15) is 4.39 Å². The summed E-state index contributed by atoms with van der Waals surface area (Å²) in [7, 11) is 1.83. The maximum absolute atomic E-state index is 14.4. The van der Waals surface area contributed by atoms with Crippen molar-refractivity contribution in [2.24, 2.45) is 0 Å². The van der Waals surface area contributed by atoms with Gasteiger partial charge >= 0.3 is 0 Å². The predicted octanol–water partition coefficient (Wildman–Crippen LogP) is 3.84. The highest BCUT2D eigenvalue weighted by molar-refractivity contribution is 5.43. The van der Waals surface area contributed by atoms with Crippen LogP contribution in [-0.2, 0) is 0 Å². The van der Waals surface area contributed by atoms with Crippen LogP contribution in [0.4, 0.5) is 4.39 Å². The second kappa shape index (κ2) is 6.53. The minimum atomic E-state index is -0.224. The molecule has 0 bridgehead atoms. The van der Waals surface area contributed by atoms with E-state index >= 15 is 0 Å². The lowest BCUT2D eigenvalue weighted by molar-refractivity contribution is 0.334. The molecule has 3 heteroatoms. The summed E-state index contributed by atoms with van der Waals surface area (Å²) in [4.78, 5) is 0. The van der Waals surface area contributed by atoms with Crippen molar-refractivity contribution in [2.45, 2.75) is 19.9 Å². The molecule has 0 heterocycles. The van der Waals surface area contributed by atoms with Gasteiger partial charge in [-0.2, -0.15) is 0 Å². The van der Waals surface area contributed by atoms with Gasteiger partial charge < -0.3 is 10.1 Å². The van der Waals surface area contributed by atoms with Gasteiger partial charge in [0.15, 0.2) is 0 Å². The van der Waals surface area contributed by atoms with E-state index in [0.717, 1.165) is 11.3 Å². The number of ether oxygens (including phenoxy) is 1. The van der Waals surface area contributed by atoms with Crippen LogP contribution in [0.2, 0.25) is 0 Å². The van der Waals surface area contributed by atoms with Crippen LogP contribution in [0.1, 0.15) is 29.7 Å². The van der Waals surface area contributed by atoms with Crippen LogP contribution in [-0.4, -0.2) is 13.7 Å². The van der Waals surface area contributed by atoms with Crippen molar-refractivity contribution in [3.8, 4) is 5.75 Å². The van der Waals surface area contributed by atoms with Crippen LogP contribution in [0.25, 0.3) is 0 Å². The molecule has 0 aliphatic rings. The Kier molecular flexibility index (Phi) is 4.74. The molecule has 0 radical (unpaired) electrons. The van der Waals surface area contributed by atoms with Gasteiger partial charge in [0.05, 0.1) is 12.6 Å². The van der Waals surface area contributed by atoms with Gasteiger partial charge in [0.1, 0.15) is 11.6 Å². The molecule has 106 valence electrons. The van der Waals surface area contributed by atoms with Crippen LogP contribution in [0.5, 0.6) is 5.75 Å². The third-order valence-corrected chi connectivity index (χ3v) is 3.35. The summed E-state index contributed by atoms with van der Waals surface area (Å²) in [5.74, 6) is 0.619. The molecule has 0 spiro atoms. The van der Waals surface area contributed by atoms with Gasteiger partial charge in [-0.25, -0.2) is 4.39 Å². The zero-order valence-electron chi connectivity index (χ0n) is 12.1. The smallest absolute Gasteiger partial charge is 0.131 e. The number of hydrogen-bond acceptors (Lipinski definition) is 2. The van der Waals surface area contributed by atoms with Crippen molar-refractivity contribution in [2.75, 3.05) is 13.7 Å². The molecule has 0 saturated carbocycles. The summed E-state index contributed by atoms with van der Waals surface area (Å²) in [5, 5.41) is 3.18. The molecule has 0 aliphatic carbocycles. The van der Waals surface area contributed by atoms with Crippen molar-refractivity contribution in [3.05, 3.63) is 65.0 Å². The topological polar surface area (TPSA) is 21.3 Å². The molecule has 0 fully saturated rings. The van der Waals surface area contributed by atoms with Gasteiger partial charge in [0, 0.05) is 11.1 Å². The number of aryl methyl sites for hydroxylation is 1. The fourth-order valence-corrected chi connectivity index (χ4v) is 2.38. The van der Waals surface area contributed by atoms with Crippen molar-refractivity contribution in [1.82, 2.24) is 5.32 Å². The Balaban J connectivity index is 2.50. The summed E-state index contributed by atoms with van der Waals surface area (Å²) in [6, 6.07) is 13.0. The lowest BCUT2D eigenvalue weighted by atomic mass is 9.96. The van der Waals surface area contributed by atoms with Crippen LogP contribution in [0.15, 0.2) is 42.5 Å². The first-order chi connectivity index (χ1) is 9.69. The minimum absolute atomic E-state index is 0.168. The molecular formula is C17H20FNO. The van der Waals surface area contributed by atoms with Gasteiger partial charge in [0.2, 0.25) is 0 Å². The number of hydrogen-bond donors (Lipinski definition) is 1. The van der Waals surface area contributed by atoms with Gasteiger partial charge in [-0.1, -0.05) is 36.4 Å². The molecule has 2 rings (SSSR count). The monoisotopic (exact) mass is 273 g/mol. The second-order valence-corrected chi connectivity index (χ2v) is 4.67. The SMILES string of the molecule is CCOc1ccccc1C(NC)c1cccc(C)c1F. The van der Waals surface area contributed by atoms with E-state index in [4.69, 9.17) is 4.74 Å². The Morgan fingerprint density at radius 2 is 1.80 bits per heavy atom. The highest BCUT2D eigenvalue weighted by Gasteiger charge is 2.20. The van der Waals surface area contributed by atoms with Crippen molar-refractivity contribution < 1.29 is 9.13 Å². The predicted molar refractivity (Wildman–Crippen MR) is 79.7 cm³/mol. The summed E-state index contributed by atoms with van der Waals surface area (Å²) in [5.41, 5.74) is 2.23. The first-order valence-electron chi connectivity index (χ1n) is 6.83. The summed E-state index contributed by atoms with van der Waals surface area (Å²) >= 11 is 0. The molecule has 20 heavy (non-hydrogen) atoms. The number of para-hydroxylation sites is 1. The number of nitrogens with one attached hydrogen (secondary N) is 1. The van der Waals surface area contributed by atoms with Crippen molar-refractivity contribution in [1.29, 1.82) is 0 Å². The molecule has 2 nitrogen and oxygen atoms in total. The van der Waals surface area contributed by atoms with Gasteiger partial charge in [-0.05, 0) is 32.5 Å². The summed E-state index contributed by atoms with van der Waals surface area (Å²) in [6.07, 6.45) is 0. The fourth-order valence-electron chi connectivity index (χ4n) is 2.38. The quantitative estimate of drug-likeness (QED) is 0.893. The minimum Gasteiger partial charge on any atom is -0.494 e. The lowest BCUT2D eigenvalue weighted by Crippen LogP contribution is -2.20. The number of rotatable bonds is 5. The Bertz CT molecular complexity index is 583. The van der Waals surface area contributed by atoms with E-state index in [1.54, 1.807) is 13.0 Å². The maximum Gasteiger partial charge on any atom is 0.131 e. The second-order valence-electron chi connectivity index (χ2n) is 4.67. The van der Waals surface area contributed by atoms with E-state index in [-0.39, 0.29) is 11.9 Å². The summed E-state index contributed by atoms with van der Waals surface area (Å²) < 4.78 is 20.0. The van der Waals surface area contributed by atoms with Gasteiger partial charge in [0.25, 0.3) is 0 Å². The molecule has 0 aromatic heterocycles. The first kappa shape index (κ1) is 14.5. The van der Waals surface area contributed by atoms with Crippen LogP contribution >= 0.6 is 0 Å². The Morgan fingerprint density at radius 3 is 2.50 bits per heavy atom. The van der Waals surface area contributed by atoms with Gasteiger partial charge in [-0.3, -0.25) is 0 Å². The standard InChI is InChI=1S/C17H20FNO/c1-4-20-15-11-6-5-9-13(15)17(19-3)14-10-7-8-12(2)16(14)18/h5-11,17,19H,4H2,1-3H3. The van der Waals surface area contributed by atoms with Crippen LogP contribution in [0, 0.1) is 12.7 Å². The van der Waals surface area contributed by atoms with E-state index < -0.39 is 0 Å². The van der Waals surface area contributed by atoms with E-state index in [1.165, 1.54) is 0 Å². The lowest BCUT2D eigenvalue weighted by Gasteiger charge is -2.21. The maximum atomic E-state index is 14.4. The average molecular weight is 273 g/mol. The molecule has 1 unspecified atom stereocenters. The third-order valence-electron chi connectivity index (χ3n) is 3.35. The molecule has 0 amide bonds. The van der Waals surface area contributed by atoms with E-state index in [0.29, 0.717) is 17.7 Å². The van der Waals surface area contributed by atoms with E-state index in [2.05, 4.69) is 5.32 Å². The molecule has 0 saturated heterocycles. The Morgan fingerprint density at radius 1 is 1.10 bits per heavy atom. The average Bonchev–Trinajstić information content (AvgIpc) is 2.46. The normalized spacial score (nSPS) is 12.2. The third kappa shape index (κ3) is 2.83. The first-order valence-corrected chi connectivity index (χ1v) is 6.83. The van der Waals surface area contributed by atoms with Crippen LogP contribution < -0.4 is 10.1 Å². The Labute approximate surface area is 119 Å². The number of benzene rings is 2. The van der Waals surface area contributed by atoms with Crippen molar-refractivity contribution >= 4 is 0 Å². The molecule has 1 N–H and O–H groups in total. The zero-order chi connectivity index (χ0) is 14.5. The summed E-state index contributed by atoms with van der Waals surface area (Å²) in [6.45, 7) is 4.31. The highest BCUT2D eigenvalue weighted by atomic mass is 19.1. The van der Waals surface area contributed by atoms with Gasteiger partial charge in [-0.15, -0.1) is 0 Å². The molecular weight excluding hydrogens is 253 g/mol. The number of halogens is 1. The fraction of sp³-hybridized carbons (Fsp3) is 0.294. The molecule has 2 aromatic rings. The Hall–Kier alpha value is -1.87. The van der Waals surface area contributed by atoms with E-state index in [1.807, 2.05) is 50.4 Å². The van der Waals surface area contributed by atoms with Crippen molar-refractivity contribution in [3.63, 3.8) is 0 Å². The van der Waals surface area contributed by atoms with Crippen LogP contribution in [0.3, 0.4) is 0 Å².